The van der Waals surface area contributed by atoms with Crippen LogP contribution in [0.1, 0.15) is 18.4 Å². The molecule has 2 rings (SSSR count). The second-order valence-corrected chi connectivity index (χ2v) is 6.89. The first kappa shape index (κ1) is 14.5. The summed E-state index contributed by atoms with van der Waals surface area (Å²) in [5.74, 6) is 1.11. The molecule has 0 saturated heterocycles. The fraction of sp³-hybridized carbons (Fsp3) is 0.500. The maximum atomic E-state index is 6.22. The van der Waals surface area contributed by atoms with Crippen molar-refractivity contribution >= 4 is 44.7 Å². The number of benzene rings is 1. The van der Waals surface area contributed by atoms with Crippen molar-refractivity contribution in [3.05, 3.63) is 17.1 Å². The number of thioether (sulfide) groups is 1. The molecule has 1 unspecified atom stereocenters. The van der Waals surface area contributed by atoms with Gasteiger partial charge in [-0.2, -0.15) is 11.8 Å². The van der Waals surface area contributed by atoms with E-state index in [9.17, 15) is 0 Å². The number of aryl methyl sites for hydroxylation is 1. The summed E-state index contributed by atoms with van der Waals surface area (Å²) < 4.78 is 1.17. The minimum Gasteiger partial charge on any atom is -0.397 e. The summed E-state index contributed by atoms with van der Waals surface area (Å²) in [5.41, 5.74) is 9.21. The molecular weight excluding hydrogens is 274 g/mol. The first-order chi connectivity index (χ1) is 9.06. The van der Waals surface area contributed by atoms with Gasteiger partial charge in [-0.25, -0.2) is 4.98 Å². The predicted octanol–water partition coefficient (Wildman–Crippen LogP) is 3.76. The molecule has 19 heavy (non-hydrogen) atoms. The molecule has 0 radical (unpaired) electrons. The molecule has 1 aromatic heterocycles. The average molecular weight is 295 g/mol. The van der Waals surface area contributed by atoms with Gasteiger partial charge >= 0.3 is 0 Å². The molecule has 1 heterocycles. The molecule has 0 saturated carbocycles. The highest BCUT2D eigenvalue weighted by Crippen LogP contribution is 2.33. The normalized spacial score (nSPS) is 12.8. The van der Waals surface area contributed by atoms with Crippen LogP contribution in [0, 0.1) is 6.92 Å². The third-order valence-corrected chi connectivity index (χ3v) is 5.05. The van der Waals surface area contributed by atoms with Gasteiger partial charge < -0.3 is 10.6 Å². The molecule has 0 aliphatic heterocycles. The van der Waals surface area contributed by atoms with Crippen LogP contribution in [0.3, 0.4) is 0 Å². The summed E-state index contributed by atoms with van der Waals surface area (Å²) in [6, 6.07) is 4.68. The number of anilines is 2. The first-order valence-electron chi connectivity index (χ1n) is 6.45. The zero-order chi connectivity index (χ0) is 14.0. The largest absolute Gasteiger partial charge is 0.397 e. The number of nitrogen functional groups attached to an aromatic ring is 1. The van der Waals surface area contributed by atoms with E-state index in [0.29, 0.717) is 6.04 Å². The third-order valence-electron chi connectivity index (χ3n) is 3.40. The van der Waals surface area contributed by atoms with Crippen molar-refractivity contribution in [1.82, 2.24) is 4.98 Å². The lowest BCUT2D eigenvalue weighted by atomic mass is 10.1. The van der Waals surface area contributed by atoms with Gasteiger partial charge in [0.05, 0.1) is 26.6 Å². The molecule has 104 valence electrons. The van der Waals surface area contributed by atoms with Crippen LogP contribution in [0.2, 0.25) is 0 Å². The Hall–Kier alpha value is -0.940. The van der Waals surface area contributed by atoms with Gasteiger partial charge in [0.15, 0.2) is 0 Å². The van der Waals surface area contributed by atoms with Gasteiger partial charge in [0.25, 0.3) is 0 Å². The fourth-order valence-electron chi connectivity index (χ4n) is 2.29. The highest BCUT2D eigenvalue weighted by atomic mass is 32.2. The molecule has 1 aromatic carbocycles. The Bertz CT molecular complexity index is 565. The van der Waals surface area contributed by atoms with E-state index in [1.54, 1.807) is 11.3 Å². The van der Waals surface area contributed by atoms with Gasteiger partial charge in [-0.15, -0.1) is 11.3 Å². The lowest BCUT2D eigenvalue weighted by Crippen LogP contribution is -2.33. The van der Waals surface area contributed by atoms with E-state index in [1.165, 1.54) is 4.70 Å². The summed E-state index contributed by atoms with van der Waals surface area (Å²) in [6.07, 6.45) is 3.26. The van der Waals surface area contributed by atoms with Crippen molar-refractivity contribution in [1.29, 1.82) is 0 Å². The number of thiazole rings is 1. The molecule has 0 aliphatic rings. The summed E-state index contributed by atoms with van der Waals surface area (Å²) in [6.45, 7) is 4.26. The van der Waals surface area contributed by atoms with E-state index < -0.39 is 0 Å². The first-order valence-corrected chi connectivity index (χ1v) is 8.66. The molecule has 1 atom stereocenters. The Morgan fingerprint density at radius 2 is 2.21 bits per heavy atom. The van der Waals surface area contributed by atoms with E-state index in [0.717, 1.165) is 34.1 Å². The number of fused-ring (bicyclic) bond motifs is 1. The standard InChI is InChI=1S/C14H21N3S2/c1-5-10(8-18-4)17(3)13-7-12-14(6-11(13)15)19-9(2)16-12/h6-7,10H,5,8,15H2,1-4H3. The number of nitrogens with zero attached hydrogens (tertiary/aromatic N) is 2. The van der Waals surface area contributed by atoms with Crippen LogP contribution in [-0.2, 0) is 0 Å². The smallest absolute Gasteiger partial charge is 0.0907 e. The molecule has 3 nitrogen and oxygen atoms in total. The lowest BCUT2D eigenvalue weighted by Gasteiger charge is -2.29. The van der Waals surface area contributed by atoms with E-state index >= 15 is 0 Å². The van der Waals surface area contributed by atoms with Crippen molar-refractivity contribution in [2.45, 2.75) is 26.3 Å². The van der Waals surface area contributed by atoms with Crippen LogP contribution in [0.5, 0.6) is 0 Å². The Morgan fingerprint density at radius 3 is 2.84 bits per heavy atom. The topological polar surface area (TPSA) is 42.2 Å². The molecular formula is C14H21N3S2. The maximum Gasteiger partial charge on any atom is 0.0907 e. The quantitative estimate of drug-likeness (QED) is 0.853. The van der Waals surface area contributed by atoms with Crippen LogP contribution in [-0.4, -0.2) is 30.1 Å². The van der Waals surface area contributed by atoms with Gasteiger partial charge in [0, 0.05) is 18.8 Å². The van der Waals surface area contributed by atoms with Crippen LogP contribution < -0.4 is 10.6 Å². The minimum absolute atomic E-state index is 0.509. The SMILES string of the molecule is CCC(CSC)N(C)c1cc2nc(C)sc2cc1N. The van der Waals surface area contributed by atoms with Crippen LogP contribution in [0.4, 0.5) is 11.4 Å². The summed E-state index contributed by atoms with van der Waals surface area (Å²) >= 11 is 3.57. The van der Waals surface area contributed by atoms with Crippen LogP contribution in [0.25, 0.3) is 10.2 Å². The molecule has 5 heteroatoms. The van der Waals surface area contributed by atoms with Crippen molar-refractivity contribution < 1.29 is 0 Å². The number of hydrogen-bond acceptors (Lipinski definition) is 5. The van der Waals surface area contributed by atoms with Gasteiger partial charge in [0.2, 0.25) is 0 Å². The molecule has 0 spiro atoms. The summed E-state index contributed by atoms with van der Waals surface area (Å²) in [5, 5.41) is 1.09. The minimum atomic E-state index is 0.509. The van der Waals surface area contributed by atoms with Crippen molar-refractivity contribution in [2.24, 2.45) is 0 Å². The maximum absolute atomic E-state index is 6.22. The third kappa shape index (κ3) is 2.98. The highest BCUT2D eigenvalue weighted by molar-refractivity contribution is 7.98. The van der Waals surface area contributed by atoms with Gasteiger partial charge in [0.1, 0.15) is 0 Å². The van der Waals surface area contributed by atoms with E-state index in [2.05, 4.69) is 42.2 Å². The van der Waals surface area contributed by atoms with E-state index in [1.807, 2.05) is 18.7 Å². The monoisotopic (exact) mass is 295 g/mol. The van der Waals surface area contributed by atoms with Gasteiger partial charge in [-0.3, -0.25) is 0 Å². The highest BCUT2D eigenvalue weighted by Gasteiger charge is 2.16. The average Bonchev–Trinajstić information content (AvgIpc) is 2.73. The van der Waals surface area contributed by atoms with Gasteiger partial charge in [-0.1, -0.05) is 6.92 Å². The molecule has 0 bridgehead atoms. The number of hydrogen-bond donors (Lipinski definition) is 1. The fourth-order valence-corrected chi connectivity index (χ4v) is 3.99. The van der Waals surface area contributed by atoms with E-state index in [4.69, 9.17) is 5.73 Å². The second-order valence-electron chi connectivity index (χ2n) is 4.74. The second kappa shape index (κ2) is 6.01. The Labute approximate surface area is 123 Å². The molecule has 0 amide bonds. The summed E-state index contributed by atoms with van der Waals surface area (Å²) in [7, 11) is 2.13. The number of aromatic nitrogens is 1. The predicted molar refractivity (Wildman–Crippen MR) is 89.6 cm³/mol. The molecule has 2 N–H and O–H groups in total. The number of rotatable bonds is 5. The lowest BCUT2D eigenvalue weighted by molar-refractivity contribution is 0.674. The van der Waals surface area contributed by atoms with Crippen molar-refractivity contribution in [3.63, 3.8) is 0 Å². The Morgan fingerprint density at radius 1 is 1.47 bits per heavy atom. The Balaban J connectivity index is 2.39. The molecule has 0 fully saturated rings. The molecule has 0 aliphatic carbocycles. The molecule has 2 aromatic rings. The zero-order valence-corrected chi connectivity index (χ0v) is 13.6. The van der Waals surface area contributed by atoms with Crippen molar-refractivity contribution in [2.75, 3.05) is 29.7 Å². The van der Waals surface area contributed by atoms with E-state index in [-0.39, 0.29) is 0 Å². The zero-order valence-electron chi connectivity index (χ0n) is 11.9. The number of nitrogens with two attached hydrogens (primary N) is 1. The summed E-state index contributed by atoms with van der Waals surface area (Å²) in [4.78, 5) is 6.85. The van der Waals surface area contributed by atoms with Crippen LogP contribution >= 0.6 is 23.1 Å². The Kier molecular flexibility index (Phi) is 4.58. The van der Waals surface area contributed by atoms with Crippen LogP contribution in [0.15, 0.2) is 12.1 Å². The van der Waals surface area contributed by atoms with Gasteiger partial charge in [-0.05, 0) is 31.7 Å². The van der Waals surface area contributed by atoms with Crippen molar-refractivity contribution in [3.8, 4) is 0 Å².